The van der Waals surface area contributed by atoms with Crippen molar-refractivity contribution in [2.45, 2.75) is 19.4 Å². The summed E-state index contributed by atoms with van der Waals surface area (Å²) >= 11 is 0. The van der Waals surface area contributed by atoms with Gasteiger partial charge >= 0.3 is 0 Å². The van der Waals surface area contributed by atoms with Crippen molar-refractivity contribution in [1.82, 2.24) is 5.32 Å². The lowest BCUT2D eigenvalue weighted by Gasteiger charge is -2.14. The van der Waals surface area contributed by atoms with Crippen molar-refractivity contribution in [3.8, 4) is 17.2 Å². The molecule has 0 saturated heterocycles. The summed E-state index contributed by atoms with van der Waals surface area (Å²) in [5.41, 5.74) is 0. The Morgan fingerprint density at radius 1 is 1.21 bits per heavy atom. The zero-order chi connectivity index (χ0) is 14.1. The first-order chi connectivity index (χ1) is 9.19. The third kappa shape index (κ3) is 5.36. The van der Waals surface area contributed by atoms with Gasteiger partial charge in [-0.1, -0.05) is 6.07 Å². The molecule has 5 nitrogen and oxygen atoms in total. The van der Waals surface area contributed by atoms with Gasteiger partial charge in [-0.3, -0.25) is 0 Å². The molecule has 0 radical (unpaired) electrons. The molecule has 1 rings (SSSR count). The number of ether oxygens (including phenoxy) is 3. The van der Waals surface area contributed by atoms with E-state index in [9.17, 15) is 0 Å². The fraction of sp³-hybridized carbons (Fsp3) is 0.571. The summed E-state index contributed by atoms with van der Waals surface area (Å²) in [7, 11) is 3.21. The molecule has 1 aromatic rings. The van der Waals surface area contributed by atoms with Crippen molar-refractivity contribution in [3.05, 3.63) is 18.2 Å². The number of methoxy groups -OCH3 is 2. The molecule has 0 aliphatic heterocycles. The van der Waals surface area contributed by atoms with Crippen LogP contribution in [0, 0.1) is 0 Å². The van der Waals surface area contributed by atoms with Crippen LogP contribution in [0.4, 0.5) is 0 Å². The Balaban J connectivity index is 2.40. The Kier molecular flexibility index (Phi) is 7.07. The van der Waals surface area contributed by atoms with E-state index in [0.29, 0.717) is 30.4 Å². The zero-order valence-corrected chi connectivity index (χ0v) is 11.8. The van der Waals surface area contributed by atoms with Crippen LogP contribution in [0.25, 0.3) is 0 Å². The highest BCUT2D eigenvalue weighted by molar-refractivity contribution is 5.51. The van der Waals surface area contributed by atoms with Crippen molar-refractivity contribution in [2.24, 2.45) is 0 Å². The van der Waals surface area contributed by atoms with Crippen molar-refractivity contribution in [1.29, 1.82) is 0 Å². The van der Waals surface area contributed by atoms with Gasteiger partial charge in [0.25, 0.3) is 0 Å². The number of rotatable bonds is 9. The van der Waals surface area contributed by atoms with Crippen LogP contribution in [0.5, 0.6) is 17.2 Å². The van der Waals surface area contributed by atoms with Crippen LogP contribution < -0.4 is 19.5 Å². The maximum absolute atomic E-state index is 9.10. The minimum atomic E-state index is -0.324. The minimum Gasteiger partial charge on any atom is -0.493 e. The molecule has 0 fully saturated rings. The number of hydrogen-bond acceptors (Lipinski definition) is 5. The normalized spacial score (nSPS) is 12.0. The van der Waals surface area contributed by atoms with E-state index < -0.39 is 0 Å². The van der Waals surface area contributed by atoms with Gasteiger partial charge in [-0.25, -0.2) is 0 Å². The molecule has 108 valence electrons. The average Bonchev–Trinajstić information content (AvgIpc) is 2.42. The first kappa shape index (κ1) is 15.6. The second-order valence-corrected chi connectivity index (χ2v) is 4.25. The van der Waals surface area contributed by atoms with E-state index in [1.807, 2.05) is 18.2 Å². The van der Waals surface area contributed by atoms with Crippen LogP contribution in [-0.4, -0.2) is 45.1 Å². The molecule has 0 aromatic heterocycles. The second kappa shape index (κ2) is 8.61. The van der Waals surface area contributed by atoms with E-state index >= 15 is 0 Å². The number of aliphatic hydroxyl groups excluding tert-OH is 1. The summed E-state index contributed by atoms with van der Waals surface area (Å²) in [6, 6.07) is 5.53. The van der Waals surface area contributed by atoms with Gasteiger partial charge in [-0.2, -0.15) is 0 Å². The molecule has 5 heteroatoms. The van der Waals surface area contributed by atoms with Crippen LogP contribution in [-0.2, 0) is 0 Å². The largest absolute Gasteiger partial charge is 0.493 e. The van der Waals surface area contributed by atoms with Gasteiger partial charge in [0.15, 0.2) is 11.5 Å². The highest BCUT2D eigenvalue weighted by Gasteiger charge is 2.10. The third-order valence-corrected chi connectivity index (χ3v) is 2.57. The Labute approximate surface area is 114 Å². The molecule has 19 heavy (non-hydrogen) atoms. The van der Waals surface area contributed by atoms with Gasteiger partial charge in [0.1, 0.15) is 0 Å². The topological polar surface area (TPSA) is 60.0 Å². The number of nitrogens with one attached hydrogen (secondary N) is 1. The van der Waals surface area contributed by atoms with Crippen LogP contribution in [0.15, 0.2) is 18.2 Å². The average molecular weight is 269 g/mol. The molecule has 1 unspecified atom stereocenters. The maximum Gasteiger partial charge on any atom is 0.203 e. The molecular weight excluding hydrogens is 246 g/mol. The van der Waals surface area contributed by atoms with E-state index in [0.717, 1.165) is 13.0 Å². The zero-order valence-electron chi connectivity index (χ0n) is 11.8. The first-order valence-electron chi connectivity index (χ1n) is 6.41. The summed E-state index contributed by atoms with van der Waals surface area (Å²) in [4.78, 5) is 0. The summed E-state index contributed by atoms with van der Waals surface area (Å²) in [6.07, 6.45) is 0.517. The smallest absolute Gasteiger partial charge is 0.203 e. The maximum atomic E-state index is 9.10. The standard InChI is InChI=1S/C14H23NO4/c1-11(16)10-15-8-5-9-19-14-12(17-2)6-4-7-13(14)18-3/h4,6-7,11,15-16H,5,8-10H2,1-3H3. The third-order valence-electron chi connectivity index (χ3n) is 2.57. The van der Waals surface area contributed by atoms with E-state index in [1.165, 1.54) is 0 Å². The minimum absolute atomic E-state index is 0.324. The highest BCUT2D eigenvalue weighted by Crippen LogP contribution is 2.36. The van der Waals surface area contributed by atoms with Crippen LogP contribution >= 0.6 is 0 Å². The Morgan fingerprint density at radius 2 is 1.84 bits per heavy atom. The molecule has 2 N–H and O–H groups in total. The molecule has 0 saturated carbocycles. The van der Waals surface area contributed by atoms with Gasteiger partial charge in [0, 0.05) is 6.54 Å². The molecule has 0 amide bonds. The van der Waals surface area contributed by atoms with Crippen molar-refractivity contribution in [2.75, 3.05) is 33.9 Å². The summed E-state index contributed by atoms with van der Waals surface area (Å²) in [5, 5.41) is 12.2. The summed E-state index contributed by atoms with van der Waals surface area (Å²) < 4.78 is 16.2. The van der Waals surface area contributed by atoms with Crippen molar-refractivity contribution in [3.63, 3.8) is 0 Å². The molecule has 0 heterocycles. The molecule has 0 aliphatic rings. The van der Waals surface area contributed by atoms with Crippen LogP contribution in [0.3, 0.4) is 0 Å². The second-order valence-electron chi connectivity index (χ2n) is 4.25. The Bertz CT molecular complexity index is 346. The molecule has 1 atom stereocenters. The van der Waals surface area contributed by atoms with Crippen LogP contribution in [0.2, 0.25) is 0 Å². The predicted octanol–water partition coefficient (Wildman–Crippen LogP) is 1.44. The van der Waals surface area contributed by atoms with E-state index in [4.69, 9.17) is 19.3 Å². The van der Waals surface area contributed by atoms with E-state index in [-0.39, 0.29) is 6.10 Å². The highest BCUT2D eigenvalue weighted by atomic mass is 16.5. The molecule has 0 aliphatic carbocycles. The van der Waals surface area contributed by atoms with E-state index in [1.54, 1.807) is 21.1 Å². The molecular formula is C14H23NO4. The lowest BCUT2D eigenvalue weighted by Crippen LogP contribution is -2.26. The summed E-state index contributed by atoms with van der Waals surface area (Å²) in [5.74, 6) is 1.95. The first-order valence-corrected chi connectivity index (χ1v) is 6.41. The predicted molar refractivity (Wildman–Crippen MR) is 74.2 cm³/mol. The van der Waals surface area contributed by atoms with Crippen LogP contribution in [0.1, 0.15) is 13.3 Å². The monoisotopic (exact) mass is 269 g/mol. The lowest BCUT2D eigenvalue weighted by molar-refractivity contribution is 0.189. The Morgan fingerprint density at radius 3 is 2.37 bits per heavy atom. The number of aliphatic hydroxyl groups is 1. The van der Waals surface area contributed by atoms with Gasteiger partial charge in [-0.15, -0.1) is 0 Å². The fourth-order valence-electron chi connectivity index (χ4n) is 1.64. The summed E-state index contributed by atoms with van der Waals surface area (Å²) in [6.45, 7) is 3.70. The molecule has 0 bridgehead atoms. The van der Waals surface area contributed by atoms with Crippen molar-refractivity contribution >= 4 is 0 Å². The quantitative estimate of drug-likeness (QED) is 0.664. The Hall–Kier alpha value is -1.46. The van der Waals surface area contributed by atoms with Gasteiger partial charge < -0.3 is 24.6 Å². The molecule has 0 spiro atoms. The molecule has 1 aromatic carbocycles. The van der Waals surface area contributed by atoms with Gasteiger partial charge in [-0.05, 0) is 32.0 Å². The van der Waals surface area contributed by atoms with Gasteiger partial charge in [0.05, 0.1) is 26.9 Å². The van der Waals surface area contributed by atoms with Gasteiger partial charge in [0.2, 0.25) is 5.75 Å². The van der Waals surface area contributed by atoms with Crippen molar-refractivity contribution < 1.29 is 19.3 Å². The number of para-hydroxylation sites is 1. The number of benzene rings is 1. The number of hydrogen-bond donors (Lipinski definition) is 2. The lowest BCUT2D eigenvalue weighted by atomic mass is 10.3. The van der Waals surface area contributed by atoms with E-state index in [2.05, 4.69) is 5.32 Å². The fourth-order valence-corrected chi connectivity index (χ4v) is 1.64. The SMILES string of the molecule is COc1cccc(OC)c1OCCCNCC(C)O.